The van der Waals surface area contributed by atoms with Crippen molar-refractivity contribution in [3.05, 3.63) is 29.8 Å². The fraction of sp³-hybridized carbons (Fsp3) is 0.619. The van der Waals surface area contributed by atoms with Crippen molar-refractivity contribution in [2.24, 2.45) is 11.8 Å². The van der Waals surface area contributed by atoms with Crippen molar-refractivity contribution >= 4 is 11.6 Å². The zero-order chi connectivity index (χ0) is 17.9. The average molecular weight is 332 g/mol. The predicted molar refractivity (Wildman–Crippen MR) is 98.4 cm³/mol. The Hall–Kier alpha value is -1.64. The summed E-state index contributed by atoms with van der Waals surface area (Å²) in [4.78, 5) is 23.2. The Labute approximate surface area is 146 Å². The molecule has 0 saturated carbocycles. The van der Waals surface area contributed by atoms with Gasteiger partial charge in [0, 0.05) is 0 Å². The van der Waals surface area contributed by atoms with Gasteiger partial charge in [-0.05, 0) is 56.7 Å². The van der Waals surface area contributed by atoms with E-state index < -0.39 is 5.92 Å². The van der Waals surface area contributed by atoms with Crippen molar-refractivity contribution in [3.8, 4) is 5.75 Å². The van der Waals surface area contributed by atoms with E-state index in [0.717, 1.165) is 18.6 Å². The molecule has 0 aliphatic rings. The fourth-order valence-electron chi connectivity index (χ4n) is 2.85. The number of Topliss-reactive ketones (excluding diaryl/α,β-unsaturated/α-hetero) is 2. The molecule has 1 unspecified atom stereocenters. The Morgan fingerprint density at radius 2 is 1.62 bits per heavy atom. The minimum Gasteiger partial charge on any atom is -0.493 e. The van der Waals surface area contributed by atoms with Crippen LogP contribution in [0.15, 0.2) is 24.3 Å². The Bertz CT molecular complexity index is 490. The molecule has 0 aromatic heterocycles. The molecule has 24 heavy (non-hydrogen) atoms. The minimum atomic E-state index is -0.487. The van der Waals surface area contributed by atoms with Crippen LogP contribution in [0.4, 0.5) is 0 Å². The zero-order valence-corrected chi connectivity index (χ0v) is 15.6. The molecule has 0 amide bonds. The van der Waals surface area contributed by atoms with Gasteiger partial charge in [-0.2, -0.15) is 0 Å². The highest BCUT2D eigenvalue weighted by atomic mass is 16.5. The van der Waals surface area contributed by atoms with E-state index in [-0.39, 0.29) is 17.5 Å². The number of ether oxygens (including phenoxy) is 1. The van der Waals surface area contributed by atoms with Crippen LogP contribution in [0.2, 0.25) is 0 Å². The van der Waals surface area contributed by atoms with Crippen LogP contribution < -0.4 is 4.74 Å². The predicted octanol–water partition coefficient (Wildman–Crippen LogP) is 5.01. The number of ketones is 2. The summed E-state index contributed by atoms with van der Waals surface area (Å²) in [5.41, 5.74) is 1.34. The average Bonchev–Trinajstić information content (AvgIpc) is 2.56. The number of unbranched alkanes of at least 4 members (excludes halogenated alkanes) is 2. The first-order valence-corrected chi connectivity index (χ1v) is 9.20. The lowest BCUT2D eigenvalue weighted by molar-refractivity contribution is -0.131. The maximum Gasteiger partial charge on any atom is 0.140 e. The molecule has 0 radical (unpaired) electrons. The van der Waals surface area contributed by atoms with Gasteiger partial charge in [0.25, 0.3) is 0 Å². The first-order chi connectivity index (χ1) is 11.5. The van der Waals surface area contributed by atoms with Crippen molar-refractivity contribution in [2.45, 2.75) is 66.2 Å². The Morgan fingerprint density at radius 1 is 1.00 bits per heavy atom. The quantitative estimate of drug-likeness (QED) is 0.399. The van der Waals surface area contributed by atoms with E-state index in [2.05, 4.69) is 26.0 Å². The lowest BCUT2D eigenvalue weighted by Gasteiger charge is -2.19. The lowest BCUT2D eigenvalue weighted by Crippen LogP contribution is -2.25. The van der Waals surface area contributed by atoms with Crippen LogP contribution in [0.25, 0.3) is 0 Å². The van der Waals surface area contributed by atoms with E-state index >= 15 is 0 Å². The van der Waals surface area contributed by atoms with E-state index in [4.69, 9.17) is 4.74 Å². The van der Waals surface area contributed by atoms with E-state index in [1.807, 2.05) is 12.1 Å². The monoisotopic (exact) mass is 332 g/mol. The summed E-state index contributed by atoms with van der Waals surface area (Å²) in [7, 11) is 0. The van der Waals surface area contributed by atoms with Crippen molar-refractivity contribution in [1.82, 2.24) is 0 Å². The third kappa shape index (κ3) is 7.29. The molecule has 0 aliphatic heterocycles. The summed E-state index contributed by atoms with van der Waals surface area (Å²) in [6.45, 7) is 7.82. The standard InChI is InChI=1S/C21H32O3/c1-5-7-8-9-19-10-12-20(13-11-19)24-15-18(6-2)14-21(16(3)22)17(4)23/h10-13,18,21H,5-9,14-15H2,1-4H3. The van der Waals surface area contributed by atoms with Gasteiger partial charge in [-0.1, -0.05) is 45.2 Å². The molecule has 1 rings (SSSR count). The van der Waals surface area contributed by atoms with Gasteiger partial charge in [-0.25, -0.2) is 0 Å². The summed E-state index contributed by atoms with van der Waals surface area (Å²) in [6, 6.07) is 8.28. The third-order valence-electron chi connectivity index (χ3n) is 4.61. The molecule has 1 atom stereocenters. The molecule has 0 aliphatic carbocycles. The van der Waals surface area contributed by atoms with Crippen molar-refractivity contribution in [3.63, 3.8) is 0 Å². The molecule has 3 heteroatoms. The third-order valence-corrected chi connectivity index (χ3v) is 4.61. The van der Waals surface area contributed by atoms with Crippen LogP contribution in [-0.2, 0) is 16.0 Å². The highest BCUT2D eigenvalue weighted by Crippen LogP contribution is 2.21. The van der Waals surface area contributed by atoms with Gasteiger partial charge >= 0.3 is 0 Å². The van der Waals surface area contributed by atoms with Gasteiger partial charge in [-0.3, -0.25) is 9.59 Å². The van der Waals surface area contributed by atoms with E-state index in [0.29, 0.717) is 13.0 Å². The SMILES string of the molecule is CCCCCc1ccc(OCC(CC)CC(C(C)=O)C(C)=O)cc1. The number of hydrogen-bond acceptors (Lipinski definition) is 3. The summed E-state index contributed by atoms with van der Waals surface area (Å²) in [5.74, 6) is 0.496. The first kappa shape index (κ1) is 20.4. The Balaban J connectivity index is 2.50. The van der Waals surface area contributed by atoms with Crippen LogP contribution in [0, 0.1) is 11.8 Å². The van der Waals surface area contributed by atoms with E-state index in [1.54, 1.807) is 0 Å². The number of aryl methyl sites for hydroxylation is 1. The highest BCUT2D eigenvalue weighted by Gasteiger charge is 2.23. The van der Waals surface area contributed by atoms with E-state index in [1.165, 1.54) is 38.7 Å². The highest BCUT2D eigenvalue weighted by molar-refractivity contribution is 6.00. The maximum absolute atomic E-state index is 11.6. The maximum atomic E-state index is 11.6. The first-order valence-electron chi connectivity index (χ1n) is 9.20. The van der Waals surface area contributed by atoms with Gasteiger partial charge in [0.1, 0.15) is 17.3 Å². The molecule has 0 spiro atoms. The van der Waals surface area contributed by atoms with Gasteiger partial charge in [0.2, 0.25) is 0 Å². The lowest BCUT2D eigenvalue weighted by atomic mass is 9.88. The topological polar surface area (TPSA) is 43.4 Å². The Morgan fingerprint density at radius 3 is 2.12 bits per heavy atom. The van der Waals surface area contributed by atoms with Crippen LogP contribution in [0.5, 0.6) is 5.75 Å². The minimum absolute atomic E-state index is 0.0441. The number of hydrogen-bond donors (Lipinski definition) is 0. The molecule has 134 valence electrons. The molecule has 3 nitrogen and oxygen atoms in total. The van der Waals surface area contributed by atoms with Crippen LogP contribution >= 0.6 is 0 Å². The van der Waals surface area contributed by atoms with Crippen molar-refractivity contribution in [1.29, 1.82) is 0 Å². The Kier molecular flexibility index (Phi) is 9.36. The molecule has 1 aromatic rings. The molecule has 1 aromatic carbocycles. The number of carbonyl (C=O) groups excluding carboxylic acids is 2. The molecule has 0 N–H and O–H groups in total. The number of benzene rings is 1. The fourth-order valence-corrected chi connectivity index (χ4v) is 2.85. The van der Waals surface area contributed by atoms with Crippen molar-refractivity contribution in [2.75, 3.05) is 6.61 Å². The van der Waals surface area contributed by atoms with E-state index in [9.17, 15) is 9.59 Å². The smallest absolute Gasteiger partial charge is 0.140 e. The van der Waals surface area contributed by atoms with Gasteiger partial charge in [-0.15, -0.1) is 0 Å². The van der Waals surface area contributed by atoms with Gasteiger partial charge in [0.15, 0.2) is 0 Å². The normalized spacial score (nSPS) is 12.2. The molecular weight excluding hydrogens is 300 g/mol. The molecule has 0 saturated heterocycles. The summed E-state index contributed by atoms with van der Waals surface area (Å²) in [5, 5.41) is 0. The van der Waals surface area contributed by atoms with Gasteiger partial charge in [0.05, 0.1) is 12.5 Å². The number of rotatable bonds is 12. The second-order valence-electron chi connectivity index (χ2n) is 6.70. The second kappa shape index (κ2) is 11.0. The van der Waals surface area contributed by atoms with Crippen LogP contribution in [-0.4, -0.2) is 18.2 Å². The molecular formula is C21H32O3. The molecule has 0 heterocycles. The summed E-state index contributed by atoms with van der Waals surface area (Å²) >= 11 is 0. The second-order valence-corrected chi connectivity index (χ2v) is 6.70. The zero-order valence-electron chi connectivity index (χ0n) is 15.6. The molecule has 0 fully saturated rings. The van der Waals surface area contributed by atoms with Crippen LogP contribution in [0.3, 0.4) is 0 Å². The number of carbonyl (C=O) groups is 2. The summed E-state index contributed by atoms with van der Waals surface area (Å²) < 4.78 is 5.88. The van der Waals surface area contributed by atoms with Gasteiger partial charge < -0.3 is 4.74 Å². The largest absolute Gasteiger partial charge is 0.493 e. The molecule has 0 bridgehead atoms. The van der Waals surface area contributed by atoms with Crippen molar-refractivity contribution < 1.29 is 14.3 Å². The van der Waals surface area contributed by atoms with Crippen LogP contribution in [0.1, 0.15) is 65.4 Å². The summed E-state index contributed by atoms with van der Waals surface area (Å²) in [6.07, 6.45) is 6.32.